The van der Waals surface area contributed by atoms with Gasteiger partial charge in [0, 0.05) is 5.56 Å². The Morgan fingerprint density at radius 1 is 0.963 bits per heavy atom. The molecule has 0 saturated carbocycles. The summed E-state index contributed by atoms with van der Waals surface area (Å²) in [5.74, 6) is -0.106. The number of aryl methyl sites for hydroxylation is 1. The highest BCUT2D eigenvalue weighted by molar-refractivity contribution is 6.05. The van der Waals surface area contributed by atoms with E-state index in [9.17, 15) is 9.59 Å². The summed E-state index contributed by atoms with van der Waals surface area (Å²) in [4.78, 5) is 25.1. The van der Waals surface area contributed by atoms with Crippen LogP contribution in [0.4, 0.5) is 0 Å². The molecule has 0 fully saturated rings. The molecule has 0 radical (unpaired) electrons. The first-order valence-corrected chi connectivity index (χ1v) is 8.57. The fourth-order valence-corrected chi connectivity index (χ4v) is 2.45. The molecule has 3 rings (SSSR count). The highest BCUT2D eigenvalue weighted by atomic mass is 16.3. The van der Waals surface area contributed by atoms with E-state index in [4.69, 9.17) is 4.42 Å². The van der Waals surface area contributed by atoms with Crippen molar-refractivity contribution in [2.24, 2.45) is 0 Å². The molecule has 27 heavy (non-hydrogen) atoms. The van der Waals surface area contributed by atoms with Crippen LogP contribution in [0.15, 0.2) is 83.1 Å². The number of rotatable bonds is 6. The van der Waals surface area contributed by atoms with Gasteiger partial charge in [0.05, 0.1) is 12.8 Å². The SMILES string of the molecule is Cc1ccc(C=C(NC(=O)c2ccccc2)C(=O)NCc2ccco2)cc1. The van der Waals surface area contributed by atoms with Gasteiger partial charge in [0.2, 0.25) is 0 Å². The average Bonchev–Trinajstić information content (AvgIpc) is 3.21. The zero-order valence-corrected chi connectivity index (χ0v) is 14.9. The molecule has 1 heterocycles. The monoisotopic (exact) mass is 360 g/mol. The summed E-state index contributed by atoms with van der Waals surface area (Å²) >= 11 is 0. The first-order chi connectivity index (χ1) is 13.1. The predicted molar refractivity (Wildman–Crippen MR) is 104 cm³/mol. The third-order valence-corrected chi connectivity index (χ3v) is 3.92. The maximum atomic E-state index is 12.6. The van der Waals surface area contributed by atoms with Crippen molar-refractivity contribution in [3.05, 3.63) is 101 Å². The highest BCUT2D eigenvalue weighted by Gasteiger charge is 2.14. The molecule has 0 unspecified atom stereocenters. The molecule has 2 amide bonds. The average molecular weight is 360 g/mol. The van der Waals surface area contributed by atoms with Crippen molar-refractivity contribution in [2.45, 2.75) is 13.5 Å². The van der Waals surface area contributed by atoms with Gasteiger partial charge < -0.3 is 15.1 Å². The summed E-state index contributed by atoms with van der Waals surface area (Å²) in [6, 6.07) is 20.0. The summed E-state index contributed by atoms with van der Waals surface area (Å²) in [6.45, 7) is 2.22. The van der Waals surface area contributed by atoms with E-state index in [1.807, 2.05) is 37.3 Å². The first kappa shape index (κ1) is 18.2. The van der Waals surface area contributed by atoms with E-state index < -0.39 is 5.91 Å². The van der Waals surface area contributed by atoms with E-state index in [2.05, 4.69) is 10.6 Å². The standard InChI is InChI=1S/C22H20N2O3/c1-16-9-11-17(12-10-16)14-20(22(26)23-15-19-8-5-13-27-19)24-21(25)18-6-3-2-4-7-18/h2-14H,15H2,1H3,(H,23,26)(H,24,25). The van der Waals surface area contributed by atoms with Gasteiger partial charge in [-0.3, -0.25) is 9.59 Å². The lowest BCUT2D eigenvalue weighted by Gasteiger charge is -2.11. The Kier molecular flexibility index (Phi) is 5.84. The van der Waals surface area contributed by atoms with E-state index in [1.165, 1.54) is 0 Å². The number of amides is 2. The van der Waals surface area contributed by atoms with Gasteiger partial charge in [-0.25, -0.2) is 0 Å². The van der Waals surface area contributed by atoms with E-state index in [0.29, 0.717) is 11.3 Å². The molecule has 0 aliphatic rings. The van der Waals surface area contributed by atoms with Gasteiger partial charge in [-0.2, -0.15) is 0 Å². The molecule has 0 aliphatic carbocycles. The second kappa shape index (κ2) is 8.67. The molecule has 0 saturated heterocycles. The highest BCUT2D eigenvalue weighted by Crippen LogP contribution is 2.09. The van der Waals surface area contributed by atoms with Crippen LogP contribution in [0.5, 0.6) is 0 Å². The maximum Gasteiger partial charge on any atom is 0.268 e. The van der Waals surface area contributed by atoms with Gasteiger partial charge in [-0.15, -0.1) is 0 Å². The molecule has 0 bridgehead atoms. The van der Waals surface area contributed by atoms with Crippen LogP contribution in [0, 0.1) is 6.92 Å². The van der Waals surface area contributed by atoms with Crippen LogP contribution in [0.3, 0.4) is 0 Å². The minimum absolute atomic E-state index is 0.166. The first-order valence-electron chi connectivity index (χ1n) is 8.57. The Bertz CT molecular complexity index is 927. The Morgan fingerprint density at radius 2 is 1.70 bits per heavy atom. The van der Waals surface area contributed by atoms with Crippen LogP contribution in [0.2, 0.25) is 0 Å². The number of carbonyl (C=O) groups is 2. The third-order valence-electron chi connectivity index (χ3n) is 3.92. The number of nitrogens with one attached hydrogen (secondary N) is 2. The minimum atomic E-state index is -0.392. The largest absolute Gasteiger partial charge is 0.467 e. The normalized spacial score (nSPS) is 11.1. The van der Waals surface area contributed by atoms with Gasteiger partial charge in [-0.1, -0.05) is 48.0 Å². The second-order valence-corrected chi connectivity index (χ2v) is 6.05. The summed E-state index contributed by atoms with van der Waals surface area (Å²) in [5.41, 5.74) is 2.58. The van der Waals surface area contributed by atoms with Crippen molar-refractivity contribution in [1.29, 1.82) is 0 Å². The van der Waals surface area contributed by atoms with Crippen molar-refractivity contribution in [2.75, 3.05) is 0 Å². The smallest absolute Gasteiger partial charge is 0.268 e. The second-order valence-electron chi connectivity index (χ2n) is 6.05. The van der Waals surface area contributed by atoms with Crippen LogP contribution in [0.1, 0.15) is 27.2 Å². The molecule has 2 N–H and O–H groups in total. The van der Waals surface area contributed by atoms with Gasteiger partial charge in [0.15, 0.2) is 0 Å². The molecule has 5 heteroatoms. The van der Waals surface area contributed by atoms with E-state index in [0.717, 1.165) is 11.1 Å². The topological polar surface area (TPSA) is 71.3 Å². The number of furan rings is 1. The summed E-state index contributed by atoms with van der Waals surface area (Å²) in [7, 11) is 0. The van der Waals surface area contributed by atoms with Crippen molar-refractivity contribution in [1.82, 2.24) is 10.6 Å². The maximum absolute atomic E-state index is 12.6. The Morgan fingerprint density at radius 3 is 2.37 bits per heavy atom. The molecule has 136 valence electrons. The Labute approximate surface area is 157 Å². The molecular formula is C22H20N2O3. The van der Waals surface area contributed by atoms with E-state index >= 15 is 0 Å². The Hall–Kier alpha value is -3.60. The zero-order valence-electron chi connectivity index (χ0n) is 14.9. The van der Waals surface area contributed by atoms with Crippen LogP contribution >= 0.6 is 0 Å². The van der Waals surface area contributed by atoms with Gasteiger partial charge in [-0.05, 0) is 42.8 Å². The zero-order chi connectivity index (χ0) is 19.1. The van der Waals surface area contributed by atoms with Crippen molar-refractivity contribution >= 4 is 17.9 Å². The van der Waals surface area contributed by atoms with Crippen LogP contribution in [0.25, 0.3) is 6.08 Å². The molecule has 0 aliphatic heterocycles. The lowest BCUT2D eigenvalue weighted by molar-refractivity contribution is -0.118. The molecule has 2 aromatic carbocycles. The number of carbonyl (C=O) groups excluding carboxylic acids is 2. The van der Waals surface area contributed by atoms with Gasteiger partial charge >= 0.3 is 0 Å². The van der Waals surface area contributed by atoms with Crippen molar-refractivity contribution < 1.29 is 14.0 Å². The minimum Gasteiger partial charge on any atom is -0.467 e. The number of hydrogen-bond acceptors (Lipinski definition) is 3. The predicted octanol–water partition coefficient (Wildman–Crippen LogP) is 3.68. The summed E-state index contributed by atoms with van der Waals surface area (Å²) in [5, 5.41) is 5.46. The summed E-state index contributed by atoms with van der Waals surface area (Å²) in [6.07, 6.45) is 3.19. The molecule has 5 nitrogen and oxygen atoms in total. The van der Waals surface area contributed by atoms with E-state index in [-0.39, 0.29) is 18.1 Å². The van der Waals surface area contributed by atoms with Crippen molar-refractivity contribution in [3.63, 3.8) is 0 Å². The molecule has 0 atom stereocenters. The lowest BCUT2D eigenvalue weighted by Crippen LogP contribution is -2.34. The fourth-order valence-electron chi connectivity index (χ4n) is 2.45. The fraction of sp³-hybridized carbons (Fsp3) is 0.0909. The van der Waals surface area contributed by atoms with Gasteiger partial charge in [0.1, 0.15) is 11.5 Å². The lowest BCUT2D eigenvalue weighted by atomic mass is 10.1. The Balaban J connectivity index is 1.80. The summed E-state index contributed by atoms with van der Waals surface area (Å²) < 4.78 is 5.22. The van der Waals surface area contributed by atoms with Gasteiger partial charge in [0.25, 0.3) is 11.8 Å². The third kappa shape index (κ3) is 5.19. The molecule has 1 aromatic heterocycles. The van der Waals surface area contributed by atoms with Crippen LogP contribution in [-0.2, 0) is 11.3 Å². The van der Waals surface area contributed by atoms with Crippen molar-refractivity contribution in [3.8, 4) is 0 Å². The van der Waals surface area contributed by atoms with Crippen LogP contribution < -0.4 is 10.6 Å². The number of benzene rings is 2. The molecular weight excluding hydrogens is 340 g/mol. The van der Waals surface area contributed by atoms with E-state index in [1.54, 1.807) is 48.7 Å². The molecule has 0 spiro atoms. The number of hydrogen-bond donors (Lipinski definition) is 2. The van der Waals surface area contributed by atoms with Crippen LogP contribution in [-0.4, -0.2) is 11.8 Å². The quantitative estimate of drug-likeness (QED) is 0.659. The molecule has 3 aromatic rings.